The molecule has 0 unspecified atom stereocenters. The Balaban J connectivity index is 1.50. The van der Waals surface area contributed by atoms with Crippen LogP contribution in [0.3, 0.4) is 0 Å². The van der Waals surface area contributed by atoms with Gasteiger partial charge in [0.15, 0.2) is 5.82 Å². The molecule has 0 N–H and O–H groups in total. The average molecular weight is 425 g/mol. The van der Waals surface area contributed by atoms with Crippen LogP contribution in [0.2, 0.25) is 0 Å². The Bertz CT molecular complexity index is 1360. The van der Waals surface area contributed by atoms with Crippen molar-refractivity contribution in [3.8, 4) is 28.6 Å². The van der Waals surface area contributed by atoms with Gasteiger partial charge in [-0.1, -0.05) is 30.3 Å². The molecule has 0 spiro atoms. The second-order valence-corrected chi connectivity index (χ2v) is 7.32. The number of morpholine rings is 1. The summed E-state index contributed by atoms with van der Waals surface area (Å²) in [4.78, 5) is 20.3. The molecule has 6 rings (SSSR count). The van der Waals surface area contributed by atoms with Gasteiger partial charge in [0, 0.05) is 42.8 Å². The first kappa shape index (κ1) is 18.6. The lowest BCUT2D eigenvalue weighted by atomic mass is 10.2. The van der Waals surface area contributed by atoms with Gasteiger partial charge >= 0.3 is 0 Å². The summed E-state index contributed by atoms with van der Waals surface area (Å²) in [6.45, 7) is 2.71. The highest BCUT2D eigenvalue weighted by molar-refractivity contribution is 5.59. The highest BCUT2D eigenvalue weighted by Crippen LogP contribution is 2.21. The fraction of sp³-hybridized carbons (Fsp3) is 0.182. The van der Waals surface area contributed by atoms with E-state index in [1.165, 1.54) is 0 Å². The zero-order chi connectivity index (χ0) is 21.3. The Labute approximate surface area is 183 Å². The summed E-state index contributed by atoms with van der Waals surface area (Å²) in [5, 5.41) is 9.43. The maximum atomic E-state index is 5.48. The van der Waals surface area contributed by atoms with Crippen molar-refractivity contribution in [1.82, 2.24) is 39.3 Å². The van der Waals surface area contributed by atoms with Crippen molar-refractivity contribution in [3.05, 3.63) is 67.1 Å². The zero-order valence-corrected chi connectivity index (χ0v) is 17.1. The summed E-state index contributed by atoms with van der Waals surface area (Å²) in [5.74, 6) is 2.12. The number of hydrogen-bond donors (Lipinski definition) is 0. The van der Waals surface area contributed by atoms with Gasteiger partial charge in [0.05, 0.1) is 18.9 Å². The Morgan fingerprint density at radius 3 is 2.41 bits per heavy atom. The second-order valence-electron chi connectivity index (χ2n) is 7.32. The van der Waals surface area contributed by atoms with E-state index < -0.39 is 0 Å². The fourth-order valence-electron chi connectivity index (χ4n) is 3.64. The molecular formula is C22H19N9O. The lowest BCUT2D eigenvalue weighted by Gasteiger charge is -2.26. The van der Waals surface area contributed by atoms with Gasteiger partial charge in [-0.05, 0) is 18.2 Å². The van der Waals surface area contributed by atoms with Crippen LogP contribution < -0.4 is 4.90 Å². The minimum absolute atomic E-state index is 0.458. The molecule has 10 nitrogen and oxygen atoms in total. The largest absolute Gasteiger partial charge is 0.378 e. The van der Waals surface area contributed by atoms with E-state index in [4.69, 9.17) is 14.8 Å². The van der Waals surface area contributed by atoms with E-state index in [0.29, 0.717) is 36.7 Å². The van der Waals surface area contributed by atoms with Crippen molar-refractivity contribution in [3.63, 3.8) is 0 Å². The first-order chi connectivity index (χ1) is 15.8. The number of pyridine rings is 1. The van der Waals surface area contributed by atoms with E-state index in [0.717, 1.165) is 29.9 Å². The molecule has 1 aliphatic rings. The van der Waals surface area contributed by atoms with Crippen molar-refractivity contribution in [2.24, 2.45) is 0 Å². The number of rotatable bonds is 4. The predicted molar refractivity (Wildman–Crippen MR) is 117 cm³/mol. The van der Waals surface area contributed by atoms with Gasteiger partial charge in [-0.3, -0.25) is 4.98 Å². The van der Waals surface area contributed by atoms with Gasteiger partial charge in [-0.15, -0.1) is 5.10 Å². The average Bonchev–Trinajstić information content (AvgIpc) is 3.53. The molecule has 158 valence electrons. The van der Waals surface area contributed by atoms with Gasteiger partial charge in [-0.2, -0.15) is 24.6 Å². The molecule has 0 bridgehead atoms. The number of fused-ring (bicyclic) bond motifs is 1. The van der Waals surface area contributed by atoms with Crippen LogP contribution in [0.1, 0.15) is 0 Å². The molecule has 1 aliphatic heterocycles. The van der Waals surface area contributed by atoms with Crippen LogP contribution in [0.4, 0.5) is 5.95 Å². The van der Waals surface area contributed by atoms with E-state index in [2.05, 4.69) is 25.0 Å². The van der Waals surface area contributed by atoms with Crippen molar-refractivity contribution in [2.75, 3.05) is 31.2 Å². The van der Waals surface area contributed by atoms with Gasteiger partial charge in [0.1, 0.15) is 0 Å². The van der Waals surface area contributed by atoms with E-state index in [1.54, 1.807) is 21.6 Å². The predicted octanol–water partition coefficient (Wildman–Crippen LogP) is 2.27. The smallest absolute Gasteiger partial charge is 0.259 e. The van der Waals surface area contributed by atoms with Crippen LogP contribution in [0.5, 0.6) is 0 Å². The maximum Gasteiger partial charge on any atom is 0.259 e. The van der Waals surface area contributed by atoms with Gasteiger partial charge < -0.3 is 9.64 Å². The third kappa shape index (κ3) is 3.36. The molecule has 0 aliphatic carbocycles. The topological polar surface area (TPSA) is 99.2 Å². The molecule has 1 aromatic carbocycles. The number of hydrogen-bond acceptors (Lipinski definition) is 8. The second kappa shape index (κ2) is 7.82. The van der Waals surface area contributed by atoms with E-state index >= 15 is 0 Å². The van der Waals surface area contributed by atoms with E-state index in [1.807, 2.05) is 54.7 Å². The quantitative estimate of drug-likeness (QED) is 0.432. The maximum absolute atomic E-state index is 5.48. The lowest BCUT2D eigenvalue weighted by Crippen LogP contribution is -2.37. The third-order valence-corrected chi connectivity index (χ3v) is 5.28. The van der Waals surface area contributed by atoms with Crippen LogP contribution in [0.15, 0.2) is 67.1 Å². The first-order valence-electron chi connectivity index (χ1n) is 10.3. The van der Waals surface area contributed by atoms with Crippen LogP contribution >= 0.6 is 0 Å². The van der Waals surface area contributed by atoms with Crippen LogP contribution in [0, 0.1) is 0 Å². The Morgan fingerprint density at radius 2 is 1.59 bits per heavy atom. The molecule has 5 aromatic rings. The normalized spacial score (nSPS) is 14.2. The molecule has 0 amide bonds. The minimum atomic E-state index is 0.458. The van der Waals surface area contributed by atoms with Crippen molar-refractivity contribution in [1.29, 1.82) is 0 Å². The molecule has 4 aromatic heterocycles. The summed E-state index contributed by atoms with van der Waals surface area (Å²) in [5.41, 5.74) is 2.73. The highest BCUT2D eigenvalue weighted by Gasteiger charge is 2.21. The van der Waals surface area contributed by atoms with Crippen molar-refractivity contribution in [2.45, 2.75) is 0 Å². The zero-order valence-electron chi connectivity index (χ0n) is 17.1. The number of aromatic nitrogens is 8. The van der Waals surface area contributed by atoms with Crippen molar-refractivity contribution >= 4 is 11.7 Å². The number of ether oxygens (including phenoxy) is 1. The van der Waals surface area contributed by atoms with E-state index in [9.17, 15) is 0 Å². The highest BCUT2D eigenvalue weighted by atomic mass is 16.5. The fourth-order valence-corrected chi connectivity index (χ4v) is 3.64. The van der Waals surface area contributed by atoms with Crippen LogP contribution in [-0.4, -0.2) is 65.6 Å². The Hall–Kier alpha value is -4.18. The SMILES string of the molecule is c1ccc(-c2ccn(-c3nc(N4CCOCC4)nc4nc(-c5ccncc5)nn34)n2)cc1. The molecule has 32 heavy (non-hydrogen) atoms. The lowest BCUT2D eigenvalue weighted by molar-refractivity contribution is 0.122. The third-order valence-electron chi connectivity index (χ3n) is 5.28. The Kier molecular flexibility index (Phi) is 4.54. The summed E-state index contributed by atoms with van der Waals surface area (Å²) in [6.07, 6.45) is 5.31. The monoisotopic (exact) mass is 425 g/mol. The van der Waals surface area contributed by atoms with Gasteiger partial charge in [-0.25, -0.2) is 4.68 Å². The molecular weight excluding hydrogens is 406 g/mol. The summed E-state index contributed by atoms with van der Waals surface area (Å²) in [7, 11) is 0. The van der Waals surface area contributed by atoms with Crippen molar-refractivity contribution < 1.29 is 4.74 Å². The summed E-state index contributed by atoms with van der Waals surface area (Å²) in [6, 6.07) is 15.7. The number of anilines is 1. The van der Waals surface area contributed by atoms with Gasteiger partial charge in [0.2, 0.25) is 5.95 Å². The molecule has 10 heteroatoms. The molecule has 0 saturated carbocycles. The molecule has 0 radical (unpaired) electrons. The van der Waals surface area contributed by atoms with Crippen LogP contribution in [0.25, 0.3) is 34.4 Å². The number of benzene rings is 1. The van der Waals surface area contributed by atoms with Crippen LogP contribution in [-0.2, 0) is 4.74 Å². The first-order valence-corrected chi connectivity index (χ1v) is 10.3. The molecule has 0 atom stereocenters. The Morgan fingerprint density at radius 1 is 0.781 bits per heavy atom. The standard InChI is InChI=1S/C22H19N9O/c1-2-4-16(5-3-1)18-8-11-30(27-18)22-26-20(29-12-14-32-15-13-29)25-21-24-19(28-31(21)22)17-6-9-23-10-7-17/h1-11H,12-15H2. The molecule has 5 heterocycles. The van der Waals surface area contributed by atoms with Gasteiger partial charge in [0.25, 0.3) is 11.7 Å². The van der Waals surface area contributed by atoms with E-state index in [-0.39, 0.29) is 0 Å². The molecule has 1 fully saturated rings. The number of nitrogens with zero attached hydrogens (tertiary/aromatic N) is 9. The summed E-state index contributed by atoms with van der Waals surface area (Å²) >= 11 is 0. The minimum Gasteiger partial charge on any atom is -0.378 e. The summed E-state index contributed by atoms with van der Waals surface area (Å²) < 4.78 is 8.82. The molecule has 1 saturated heterocycles.